The Balaban J connectivity index is 1.17. The fourth-order valence-corrected chi connectivity index (χ4v) is 7.63. The van der Waals surface area contributed by atoms with Gasteiger partial charge in [0.2, 0.25) is 5.91 Å². The summed E-state index contributed by atoms with van der Waals surface area (Å²) in [6.07, 6.45) is 6.51. The fraction of sp³-hybridized carbons (Fsp3) is 0.500. The number of ether oxygens (including phenoxy) is 1. The van der Waals surface area contributed by atoms with Gasteiger partial charge in [-0.3, -0.25) is 33.3 Å². The minimum Gasteiger partial charge on any atom is -0.504 e. The second kappa shape index (κ2) is 9.05. The molecule has 2 bridgehead atoms. The molecule has 1 aromatic rings. The highest BCUT2D eigenvalue weighted by atomic mass is 31.2. The molecule has 6 atom stereocenters. The third kappa shape index (κ3) is 4.00. The van der Waals surface area contributed by atoms with Gasteiger partial charge in [0.1, 0.15) is 12.2 Å². The molecule has 5 aliphatic rings. The molecule has 1 spiro atoms. The second-order valence-electron chi connectivity index (χ2n) is 10.6. The summed E-state index contributed by atoms with van der Waals surface area (Å²) in [5.74, 6) is -0.477. The summed E-state index contributed by atoms with van der Waals surface area (Å²) in [6, 6.07) is 3.67. The summed E-state index contributed by atoms with van der Waals surface area (Å²) in [5.41, 5.74) is 1.59. The second-order valence-corrected chi connectivity index (χ2v) is 12.4. The van der Waals surface area contributed by atoms with E-state index in [2.05, 4.69) is 16.3 Å². The monoisotopic (exact) mass is 543 g/mol. The number of likely N-dealkylation sites (tertiary alicyclic amines) is 1. The van der Waals surface area contributed by atoms with Crippen molar-refractivity contribution in [1.82, 2.24) is 15.1 Å². The number of carbonyl (C=O) groups excluding carboxylic acids is 3. The molecule has 0 radical (unpaired) electrons. The Bertz CT molecular complexity index is 1300. The van der Waals surface area contributed by atoms with Gasteiger partial charge in [-0.2, -0.15) is 0 Å². The zero-order valence-corrected chi connectivity index (χ0v) is 21.8. The first kappa shape index (κ1) is 25.3. The molecule has 0 saturated carbocycles. The van der Waals surface area contributed by atoms with E-state index in [1.165, 1.54) is 12.2 Å². The van der Waals surface area contributed by atoms with E-state index in [0.717, 1.165) is 35.7 Å². The Kier molecular flexibility index (Phi) is 6.03. The van der Waals surface area contributed by atoms with Crippen molar-refractivity contribution in [3.8, 4) is 11.5 Å². The van der Waals surface area contributed by atoms with Crippen LogP contribution in [0.15, 0.2) is 36.4 Å². The molecule has 38 heavy (non-hydrogen) atoms. The predicted octanol–water partition coefficient (Wildman–Crippen LogP) is 0.839. The van der Waals surface area contributed by atoms with Crippen LogP contribution in [0.1, 0.15) is 24.0 Å². The first-order valence-corrected chi connectivity index (χ1v) is 14.8. The van der Waals surface area contributed by atoms with Crippen molar-refractivity contribution in [3.63, 3.8) is 0 Å². The summed E-state index contributed by atoms with van der Waals surface area (Å²) >= 11 is 0. The molecule has 1 fully saturated rings. The van der Waals surface area contributed by atoms with Crippen molar-refractivity contribution in [2.24, 2.45) is 5.92 Å². The van der Waals surface area contributed by atoms with Crippen LogP contribution in [0.4, 0.5) is 0 Å². The minimum absolute atomic E-state index is 0.0435. The number of carbonyl (C=O) groups is 3. The van der Waals surface area contributed by atoms with Crippen molar-refractivity contribution >= 4 is 25.3 Å². The number of benzene rings is 1. The molecule has 0 aromatic heterocycles. The van der Waals surface area contributed by atoms with Crippen molar-refractivity contribution in [3.05, 3.63) is 47.6 Å². The van der Waals surface area contributed by atoms with Gasteiger partial charge >= 0.3 is 7.60 Å². The van der Waals surface area contributed by atoms with E-state index in [1.807, 2.05) is 12.1 Å². The largest absolute Gasteiger partial charge is 0.504 e. The van der Waals surface area contributed by atoms with Crippen LogP contribution in [0.2, 0.25) is 0 Å². The lowest BCUT2D eigenvalue weighted by Gasteiger charge is -2.57. The number of phenolic OH excluding ortho intramolecular Hbond substituents is 1. The average Bonchev–Trinajstić information content (AvgIpc) is 3.37. The highest BCUT2D eigenvalue weighted by Crippen LogP contribution is 2.63. The molecule has 2 aliphatic carbocycles. The van der Waals surface area contributed by atoms with Crippen LogP contribution in [-0.4, -0.2) is 88.6 Å². The number of phenols is 1. The Morgan fingerprint density at radius 2 is 2.00 bits per heavy atom. The molecule has 11 nitrogen and oxygen atoms in total. The average molecular weight is 544 g/mol. The lowest BCUT2D eigenvalue weighted by atomic mass is 9.53. The lowest BCUT2D eigenvalue weighted by molar-refractivity contribution is -0.137. The van der Waals surface area contributed by atoms with Gasteiger partial charge in [-0.05, 0) is 31.0 Å². The van der Waals surface area contributed by atoms with Gasteiger partial charge in [0, 0.05) is 67.8 Å². The zero-order chi connectivity index (χ0) is 26.8. The number of imide groups is 1. The molecule has 202 valence electrons. The number of aromatic hydroxyl groups is 1. The van der Waals surface area contributed by atoms with E-state index in [4.69, 9.17) is 9.26 Å². The molecule has 3 N–H and O–H groups in total. The summed E-state index contributed by atoms with van der Waals surface area (Å²) in [6.45, 7) is 2.97. The third-order valence-electron chi connectivity index (χ3n) is 8.47. The van der Waals surface area contributed by atoms with Gasteiger partial charge in [0.25, 0.3) is 11.8 Å². The lowest BCUT2D eigenvalue weighted by Crippen LogP contribution is -2.66. The first-order chi connectivity index (χ1) is 18.1. The number of amides is 3. The smallest absolute Gasteiger partial charge is 0.325 e. The van der Waals surface area contributed by atoms with Crippen LogP contribution < -0.4 is 10.1 Å². The molecule has 12 heteroatoms. The van der Waals surface area contributed by atoms with Gasteiger partial charge < -0.3 is 20.1 Å². The van der Waals surface area contributed by atoms with Crippen molar-refractivity contribution in [2.45, 2.75) is 42.9 Å². The first-order valence-electron chi connectivity index (χ1n) is 12.8. The molecule has 1 unspecified atom stereocenters. The standard InChI is InChI=1S/C26H30N3O8P/c1-38(34,35)37-19-5-3-16-17-14-15-2-4-18(30)24-23(15)26(16,25(19)36-24)9-12-28(17)13-10-27-20(31)8-11-29-21(32)6-7-22(29)33/h2-7,16-17,19,25,30H,8-14H2,1H3,(H,27,31)(H,34,35)/t16-,17+,19-,25-,26-/m0/s1. The Labute approximate surface area is 219 Å². The van der Waals surface area contributed by atoms with E-state index in [0.29, 0.717) is 25.3 Å². The summed E-state index contributed by atoms with van der Waals surface area (Å²) < 4.78 is 24.0. The van der Waals surface area contributed by atoms with Crippen LogP contribution in [0, 0.1) is 5.92 Å². The van der Waals surface area contributed by atoms with E-state index in [-0.39, 0.29) is 36.6 Å². The number of rotatable bonds is 8. The van der Waals surface area contributed by atoms with Crippen molar-refractivity contribution in [2.75, 3.05) is 32.8 Å². The molecule has 1 saturated heterocycles. The summed E-state index contributed by atoms with van der Waals surface area (Å²) in [4.78, 5) is 49.1. The Morgan fingerprint density at radius 3 is 2.74 bits per heavy atom. The van der Waals surface area contributed by atoms with Gasteiger partial charge in [0.15, 0.2) is 11.5 Å². The fourth-order valence-electron chi connectivity index (χ4n) is 7.00. The summed E-state index contributed by atoms with van der Waals surface area (Å²) in [5, 5.41) is 13.5. The molecule has 3 heterocycles. The van der Waals surface area contributed by atoms with Crippen LogP contribution >= 0.6 is 7.60 Å². The van der Waals surface area contributed by atoms with E-state index >= 15 is 0 Å². The van der Waals surface area contributed by atoms with Crippen molar-refractivity contribution in [1.29, 1.82) is 0 Å². The molecule has 3 aliphatic heterocycles. The van der Waals surface area contributed by atoms with Crippen molar-refractivity contribution < 1.29 is 38.2 Å². The SMILES string of the molecule is CP(=O)(O)O[C@H]1C=C[C@H]2[C@H]3Cc4ccc(O)c5c4[C@@]2(CCN3CCNC(=O)CCN2C(=O)C=CC2=O)[C@H]1O5. The minimum atomic E-state index is -3.79. The van der Waals surface area contributed by atoms with Gasteiger partial charge in [-0.15, -0.1) is 0 Å². The number of piperidine rings is 1. The molecular weight excluding hydrogens is 513 g/mol. The van der Waals surface area contributed by atoms with Crippen LogP contribution in [0.5, 0.6) is 11.5 Å². The molecule has 1 aromatic carbocycles. The van der Waals surface area contributed by atoms with Gasteiger partial charge in [-0.25, -0.2) is 0 Å². The van der Waals surface area contributed by atoms with Gasteiger partial charge in [-0.1, -0.05) is 18.2 Å². The van der Waals surface area contributed by atoms with Crippen LogP contribution in [-0.2, 0) is 35.3 Å². The Hall–Kier alpha value is -2.98. The van der Waals surface area contributed by atoms with Crippen LogP contribution in [0.3, 0.4) is 0 Å². The predicted molar refractivity (Wildman–Crippen MR) is 135 cm³/mol. The van der Waals surface area contributed by atoms with E-state index in [1.54, 1.807) is 6.07 Å². The third-order valence-corrected chi connectivity index (χ3v) is 9.10. The summed E-state index contributed by atoms with van der Waals surface area (Å²) in [7, 11) is -3.79. The number of hydrogen-bond donors (Lipinski definition) is 3. The van der Waals surface area contributed by atoms with E-state index < -0.39 is 37.0 Å². The molecular formula is C26H30N3O8P. The number of hydrogen-bond acceptors (Lipinski definition) is 8. The zero-order valence-electron chi connectivity index (χ0n) is 20.9. The maximum absolute atomic E-state index is 12.4. The molecule has 3 amide bonds. The maximum atomic E-state index is 12.4. The highest BCUT2D eigenvalue weighted by molar-refractivity contribution is 7.51. The van der Waals surface area contributed by atoms with Crippen LogP contribution in [0.25, 0.3) is 0 Å². The Morgan fingerprint density at radius 1 is 1.24 bits per heavy atom. The molecule has 6 rings (SSSR count). The maximum Gasteiger partial charge on any atom is 0.325 e. The normalized spacial score (nSPS) is 32.2. The van der Waals surface area contributed by atoms with E-state index in [9.17, 15) is 28.9 Å². The number of nitrogens with one attached hydrogen (secondary N) is 1. The highest BCUT2D eigenvalue weighted by Gasteiger charge is 2.65. The topological polar surface area (TPSA) is 146 Å². The van der Waals surface area contributed by atoms with Gasteiger partial charge in [0.05, 0.1) is 0 Å². The number of nitrogens with zero attached hydrogens (tertiary/aromatic N) is 2. The quantitative estimate of drug-likeness (QED) is 0.247.